The highest BCUT2D eigenvalue weighted by Gasteiger charge is 2.19. The molecule has 0 aromatic rings. The Hall–Kier alpha value is -2.63. The normalized spacial score (nSPS) is 12.3. The van der Waals surface area contributed by atoms with E-state index in [1.165, 1.54) is 205 Å². The summed E-state index contributed by atoms with van der Waals surface area (Å²) >= 11 is 0. The fourth-order valence-electron chi connectivity index (χ4n) is 8.92. The fourth-order valence-corrected chi connectivity index (χ4v) is 8.92. The van der Waals surface area contributed by atoms with Crippen molar-refractivity contribution in [1.82, 2.24) is 0 Å². The molecule has 6 nitrogen and oxygen atoms in total. The molecule has 1 unspecified atom stereocenters. The van der Waals surface area contributed by atoms with Crippen LogP contribution in [0.15, 0.2) is 48.6 Å². The lowest BCUT2D eigenvalue weighted by molar-refractivity contribution is -0.167. The number of allylic oxidation sites excluding steroid dienone is 8. The summed E-state index contributed by atoms with van der Waals surface area (Å²) in [6.45, 7) is 6.64. The van der Waals surface area contributed by atoms with Crippen LogP contribution in [0.5, 0.6) is 0 Å². The van der Waals surface area contributed by atoms with Gasteiger partial charge in [-0.1, -0.05) is 268 Å². The summed E-state index contributed by atoms with van der Waals surface area (Å²) in [6, 6.07) is 0. The summed E-state index contributed by atoms with van der Waals surface area (Å²) < 4.78 is 16.9. The maximum atomic E-state index is 12.8. The number of hydrogen-bond acceptors (Lipinski definition) is 6. The van der Waals surface area contributed by atoms with E-state index < -0.39 is 6.10 Å². The minimum Gasteiger partial charge on any atom is -0.462 e. The second kappa shape index (κ2) is 58.9. The summed E-state index contributed by atoms with van der Waals surface area (Å²) in [5, 5.41) is 0. The lowest BCUT2D eigenvalue weighted by Gasteiger charge is -2.18. The van der Waals surface area contributed by atoms with Crippen LogP contribution in [0.1, 0.15) is 323 Å². The van der Waals surface area contributed by atoms with Crippen LogP contribution < -0.4 is 0 Å². The number of carbonyl (C=O) groups is 3. The van der Waals surface area contributed by atoms with Crippen molar-refractivity contribution < 1.29 is 28.6 Å². The first-order valence-electron chi connectivity index (χ1n) is 30.6. The van der Waals surface area contributed by atoms with Gasteiger partial charge in [0.2, 0.25) is 0 Å². The van der Waals surface area contributed by atoms with E-state index in [9.17, 15) is 14.4 Å². The lowest BCUT2D eigenvalue weighted by atomic mass is 10.0. The number of ether oxygens (including phenoxy) is 3. The van der Waals surface area contributed by atoms with Crippen molar-refractivity contribution >= 4 is 17.9 Å². The van der Waals surface area contributed by atoms with Gasteiger partial charge < -0.3 is 14.2 Å². The first kappa shape index (κ1) is 67.4. The van der Waals surface area contributed by atoms with Crippen molar-refractivity contribution in [2.24, 2.45) is 0 Å². The molecular formula is C64H116O6. The highest BCUT2D eigenvalue weighted by Crippen LogP contribution is 2.16. The number of rotatable bonds is 56. The molecule has 70 heavy (non-hydrogen) atoms. The lowest BCUT2D eigenvalue weighted by Crippen LogP contribution is -2.30. The Morgan fingerprint density at radius 3 is 0.814 bits per heavy atom. The number of hydrogen-bond donors (Lipinski definition) is 0. The molecule has 0 N–H and O–H groups in total. The van der Waals surface area contributed by atoms with E-state index in [0.29, 0.717) is 19.3 Å². The van der Waals surface area contributed by atoms with Crippen LogP contribution in [0.4, 0.5) is 0 Å². The first-order chi connectivity index (χ1) is 34.5. The molecule has 0 fully saturated rings. The van der Waals surface area contributed by atoms with Crippen molar-refractivity contribution in [3.8, 4) is 0 Å². The van der Waals surface area contributed by atoms with E-state index in [-0.39, 0.29) is 31.1 Å². The molecule has 6 heteroatoms. The highest BCUT2D eigenvalue weighted by atomic mass is 16.6. The maximum absolute atomic E-state index is 12.8. The van der Waals surface area contributed by atoms with Crippen LogP contribution >= 0.6 is 0 Å². The molecule has 0 bridgehead atoms. The van der Waals surface area contributed by atoms with Crippen molar-refractivity contribution in [3.05, 3.63) is 48.6 Å². The van der Waals surface area contributed by atoms with Crippen molar-refractivity contribution in [2.45, 2.75) is 329 Å². The quantitative estimate of drug-likeness (QED) is 0.0261. The van der Waals surface area contributed by atoms with Crippen molar-refractivity contribution in [2.75, 3.05) is 13.2 Å². The van der Waals surface area contributed by atoms with E-state index >= 15 is 0 Å². The van der Waals surface area contributed by atoms with Crippen LogP contribution in [0.25, 0.3) is 0 Å². The Morgan fingerprint density at radius 1 is 0.286 bits per heavy atom. The summed E-state index contributed by atoms with van der Waals surface area (Å²) in [5.41, 5.74) is 0. The van der Waals surface area contributed by atoms with E-state index in [1.807, 2.05) is 0 Å². The minimum absolute atomic E-state index is 0.0735. The number of carbonyl (C=O) groups excluding carboxylic acids is 3. The monoisotopic (exact) mass is 981 g/mol. The van der Waals surface area contributed by atoms with E-state index in [1.54, 1.807) is 0 Å². The molecule has 0 aliphatic carbocycles. The van der Waals surface area contributed by atoms with E-state index in [4.69, 9.17) is 14.2 Å². The Kier molecular flexibility index (Phi) is 56.7. The topological polar surface area (TPSA) is 78.9 Å². The third-order valence-corrected chi connectivity index (χ3v) is 13.6. The maximum Gasteiger partial charge on any atom is 0.306 e. The Bertz CT molecular complexity index is 1220. The molecule has 0 aromatic heterocycles. The van der Waals surface area contributed by atoms with Crippen LogP contribution in [0.2, 0.25) is 0 Å². The zero-order valence-corrected chi connectivity index (χ0v) is 46.8. The zero-order chi connectivity index (χ0) is 50.7. The molecule has 0 spiro atoms. The molecule has 408 valence electrons. The highest BCUT2D eigenvalue weighted by molar-refractivity contribution is 5.71. The van der Waals surface area contributed by atoms with Gasteiger partial charge >= 0.3 is 17.9 Å². The molecule has 0 heterocycles. The summed E-state index contributed by atoms with van der Waals surface area (Å²) in [4.78, 5) is 38.1. The smallest absolute Gasteiger partial charge is 0.306 e. The van der Waals surface area contributed by atoms with Gasteiger partial charge in [-0.3, -0.25) is 14.4 Å². The standard InChI is InChI=1S/C64H116O6/c1-4-7-10-13-16-19-22-24-26-27-28-29-30-31-32-33-34-35-36-37-39-40-42-45-48-51-54-57-63(66)69-60-61(59-68-62(65)56-53-50-47-44-21-18-15-12-9-6-3)70-64(67)58-55-52-49-46-43-41-38-25-23-20-17-14-11-8-5-2/h22,24-25,27-28,30-31,38,61H,4-21,23,26,29,32-37,39-60H2,1-3H3/b24-22-,28-27-,31-30-,38-25-. The van der Waals surface area contributed by atoms with Gasteiger partial charge in [0.25, 0.3) is 0 Å². The van der Waals surface area contributed by atoms with Gasteiger partial charge in [0.05, 0.1) is 0 Å². The predicted molar refractivity (Wildman–Crippen MR) is 302 cm³/mol. The minimum atomic E-state index is -0.775. The van der Waals surface area contributed by atoms with Gasteiger partial charge in [0.15, 0.2) is 6.10 Å². The molecule has 1 atom stereocenters. The molecule has 0 rings (SSSR count). The molecule has 0 amide bonds. The largest absolute Gasteiger partial charge is 0.462 e. The second-order valence-corrected chi connectivity index (χ2v) is 20.6. The summed E-state index contributed by atoms with van der Waals surface area (Å²) in [6.07, 6.45) is 72.6. The Balaban J connectivity index is 4.19. The molecule has 0 aliphatic heterocycles. The first-order valence-corrected chi connectivity index (χ1v) is 30.6. The molecule has 0 saturated carbocycles. The van der Waals surface area contributed by atoms with Gasteiger partial charge in [-0.2, -0.15) is 0 Å². The Morgan fingerprint density at radius 2 is 0.514 bits per heavy atom. The van der Waals surface area contributed by atoms with Crippen LogP contribution in [-0.2, 0) is 28.6 Å². The third-order valence-electron chi connectivity index (χ3n) is 13.6. The molecule has 0 radical (unpaired) electrons. The second-order valence-electron chi connectivity index (χ2n) is 20.6. The SMILES string of the molecule is CCCCCCC/C=C\C/C=C\C/C=C\CCCCCCCCCCCCCCC(=O)OCC(COC(=O)CCCCCCCCCCCC)OC(=O)CCCCCCC/C=C\CCCCCCCC. The number of esters is 3. The molecule has 0 aromatic carbocycles. The summed E-state index contributed by atoms with van der Waals surface area (Å²) in [7, 11) is 0. The zero-order valence-electron chi connectivity index (χ0n) is 46.8. The van der Waals surface area contributed by atoms with Crippen LogP contribution in [0.3, 0.4) is 0 Å². The van der Waals surface area contributed by atoms with Gasteiger partial charge in [-0.25, -0.2) is 0 Å². The van der Waals surface area contributed by atoms with Crippen LogP contribution in [-0.4, -0.2) is 37.2 Å². The number of unbranched alkanes of at least 4 members (excludes halogenated alkanes) is 37. The molecular weight excluding hydrogens is 865 g/mol. The Labute approximate surface area is 435 Å². The fraction of sp³-hybridized carbons (Fsp3) is 0.828. The van der Waals surface area contributed by atoms with Crippen LogP contribution in [0, 0.1) is 0 Å². The van der Waals surface area contributed by atoms with Gasteiger partial charge in [-0.05, 0) is 83.5 Å². The average molecular weight is 982 g/mol. The molecule has 0 aliphatic rings. The van der Waals surface area contributed by atoms with Gasteiger partial charge in [0.1, 0.15) is 13.2 Å². The molecule has 0 saturated heterocycles. The van der Waals surface area contributed by atoms with Crippen molar-refractivity contribution in [3.63, 3.8) is 0 Å². The van der Waals surface area contributed by atoms with Gasteiger partial charge in [0, 0.05) is 19.3 Å². The third kappa shape index (κ3) is 56.3. The van der Waals surface area contributed by atoms with Gasteiger partial charge in [-0.15, -0.1) is 0 Å². The van der Waals surface area contributed by atoms with Crippen molar-refractivity contribution in [1.29, 1.82) is 0 Å². The van der Waals surface area contributed by atoms with E-state index in [2.05, 4.69) is 69.4 Å². The van der Waals surface area contributed by atoms with E-state index in [0.717, 1.165) is 77.0 Å². The average Bonchev–Trinajstić information content (AvgIpc) is 3.36. The predicted octanol–water partition coefficient (Wildman–Crippen LogP) is 20.6. The summed E-state index contributed by atoms with van der Waals surface area (Å²) in [5.74, 6) is -0.871.